The number of ether oxygens (including phenoxy) is 6. The number of likely N-dealkylation sites (tertiary alicyclic amines) is 1. The van der Waals surface area contributed by atoms with E-state index < -0.39 is 83.9 Å². The van der Waals surface area contributed by atoms with Crippen molar-refractivity contribution in [2.45, 2.75) is 142 Å². The van der Waals surface area contributed by atoms with Crippen molar-refractivity contribution in [3.63, 3.8) is 0 Å². The number of carbonyl (C=O) groups is 6. The van der Waals surface area contributed by atoms with Crippen LogP contribution in [0.4, 0.5) is 9.18 Å². The lowest BCUT2D eigenvalue weighted by atomic mass is 9.89. The van der Waals surface area contributed by atoms with E-state index in [1.54, 1.807) is 48.0 Å². The van der Waals surface area contributed by atoms with E-state index in [4.69, 9.17) is 28.4 Å². The first-order valence-corrected chi connectivity index (χ1v) is 28.7. The van der Waals surface area contributed by atoms with Crippen LogP contribution in [-0.2, 0) is 55.9 Å². The molecule has 0 aromatic heterocycles. The Balaban J connectivity index is 1.03. The number of rotatable bonds is 27. The topological polar surface area (TPSA) is 192 Å². The first-order chi connectivity index (χ1) is 39.6. The molecule has 17 nitrogen and oxygen atoms in total. The summed E-state index contributed by atoms with van der Waals surface area (Å²) in [7, 11) is 9.17. The van der Waals surface area contributed by atoms with Crippen LogP contribution in [0.1, 0.15) is 103 Å². The lowest BCUT2D eigenvalue weighted by Crippen LogP contribution is -2.60. The molecule has 10 atom stereocenters. The van der Waals surface area contributed by atoms with Crippen molar-refractivity contribution in [3.8, 4) is 22.6 Å². The number of fused-ring (bicyclic) bond motifs is 4. The predicted molar refractivity (Wildman–Crippen MR) is 313 cm³/mol. The Morgan fingerprint density at radius 1 is 0.735 bits per heavy atom. The number of hydrogen-bond acceptors (Lipinski definition) is 12. The molecule has 2 N–H and O–H groups in total. The van der Waals surface area contributed by atoms with E-state index in [1.807, 2.05) is 84.9 Å². The van der Waals surface area contributed by atoms with Gasteiger partial charge in [0.15, 0.2) is 0 Å². The summed E-state index contributed by atoms with van der Waals surface area (Å²) in [5.41, 5.74) is 7.16. The zero-order chi connectivity index (χ0) is 60.6. The summed E-state index contributed by atoms with van der Waals surface area (Å²) in [6, 6.07) is 22.3. The van der Waals surface area contributed by atoms with E-state index in [9.17, 15) is 24.0 Å². The summed E-state index contributed by atoms with van der Waals surface area (Å²) in [6.07, 6.45) is -1.62. The molecule has 2 aliphatic carbocycles. The lowest BCUT2D eigenvalue weighted by Gasteiger charge is -2.41. The molecule has 3 aliphatic rings. The number of carbonyl (C=O) groups excluding carboxylic acids is 6. The van der Waals surface area contributed by atoms with Crippen LogP contribution in [-0.4, -0.2) is 148 Å². The number of benzene rings is 4. The molecule has 0 spiro atoms. The molecule has 1 heterocycles. The van der Waals surface area contributed by atoms with E-state index in [2.05, 4.69) is 22.8 Å². The van der Waals surface area contributed by atoms with Gasteiger partial charge >= 0.3 is 12.1 Å². The number of nitrogens with one attached hydrogen (secondary N) is 2. The molecule has 0 bridgehead atoms. The van der Waals surface area contributed by atoms with Gasteiger partial charge in [-0.1, -0.05) is 122 Å². The largest absolute Gasteiger partial charge is 0.497 e. The first-order valence-electron chi connectivity index (χ1n) is 28.7. The third-order valence-corrected chi connectivity index (χ3v) is 17.2. The van der Waals surface area contributed by atoms with Gasteiger partial charge in [0.2, 0.25) is 23.6 Å². The van der Waals surface area contributed by atoms with Gasteiger partial charge in [0, 0.05) is 52.3 Å². The molecule has 0 unspecified atom stereocenters. The number of amides is 5. The van der Waals surface area contributed by atoms with Crippen LogP contribution in [0.2, 0.25) is 0 Å². The zero-order valence-electron chi connectivity index (χ0n) is 50.5. The minimum Gasteiger partial charge on any atom is -0.497 e. The quantitative estimate of drug-likeness (QED) is 0.0427. The van der Waals surface area contributed by atoms with E-state index in [-0.39, 0.29) is 67.2 Å². The number of nitrogens with zero attached hydrogens (tertiary/aromatic N) is 3. The van der Waals surface area contributed by atoms with Crippen LogP contribution in [0.5, 0.6) is 11.5 Å². The van der Waals surface area contributed by atoms with Crippen molar-refractivity contribution in [3.05, 3.63) is 130 Å². The van der Waals surface area contributed by atoms with Gasteiger partial charge in [-0.3, -0.25) is 24.1 Å². The fourth-order valence-corrected chi connectivity index (χ4v) is 12.3. The Bertz CT molecular complexity index is 2970. The molecule has 7 rings (SSSR count). The summed E-state index contributed by atoms with van der Waals surface area (Å²) in [5.74, 6) is -4.17. The van der Waals surface area contributed by atoms with Crippen LogP contribution in [0, 0.1) is 29.5 Å². The molecule has 4 aromatic rings. The fraction of sp³-hybridized carbons (Fsp3) is 0.508. The summed E-state index contributed by atoms with van der Waals surface area (Å²) in [5, 5.41) is 5.83. The van der Waals surface area contributed by atoms with Gasteiger partial charge in [-0.2, -0.15) is 0 Å². The average molecular weight is 1150 g/mol. The van der Waals surface area contributed by atoms with E-state index in [1.165, 1.54) is 58.6 Å². The Morgan fingerprint density at radius 2 is 1.37 bits per heavy atom. The van der Waals surface area contributed by atoms with Gasteiger partial charge in [-0.15, -0.1) is 0 Å². The van der Waals surface area contributed by atoms with E-state index in [0.717, 1.165) is 33.4 Å². The molecule has 0 radical (unpaired) electrons. The number of hydrogen-bond donors (Lipinski definition) is 2. The van der Waals surface area contributed by atoms with Crippen molar-refractivity contribution in [1.82, 2.24) is 25.3 Å². The Kier molecular flexibility index (Phi) is 21.2. The molecular weight excluding hydrogens is 1060 g/mol. The van der Waals surface area contributed by atoms with Crippen molar-refractivity contribution in [2.75, 3.05) is 49.1 Å². The van der Waals surface area contributed by atoms with Crippen molar-refractivity contribution < 1.29 is 61.6 Å². The highest BCUT2D eigenvalue weighted by atomic mass is 19.1. The normalized spacial score (nSPS) is 18.1. The minimum atomic E-state index is -1.31. The van der Waals surface area contributed by atoms with Crippen LogP contribution < -0.4 is 20.1 Å². The SMILES string of the molecule is CC[C@H](C)[C@@H]([C@@H](CC(=O)N1[C@H]2C(C)=C2C[C@H]1[C@H](OC)[C@@H](C)C(=O)N[C@@H](Cc1ccccc1F)C(=O)OCc1ccc(OC)cc1OC)OC)N(C)C(=O)[C@@H](NC(=O)[C@H](C(C)C)N(C)C(=O)OCC1c2ccccc2-c2ccccc21)C(C)C. The molecule has 18 heteroatoms. The Morgan fingerprint density at radius 3 is 1.95 bits per heavy atom. The number of esters is 1. The van der Waals surface area contributed by atoms with E-state index in [0.29, 0.717) is 29.9 Å². The van der Waals surface area contributed by atoms with Crippen LogP contribution >= 0.6 is 0 Å². The monoisotopic (exact) mass is 1150 g/mol. The second-order valence-electron chi connectivity index (χ2n) is 23.0. The minimum absolute atomic E-state index is 0.0749. The van der Waals surface area contributed by atoms with Crippen molar-refractivity contribution in [2.24, 2.45) is 23.7 Å². The third-order valence-electron chi connectivity index (χ3n) is 17.2. The number of methoxy groups -OCH3 is 4. The first kappa shape index (κ1) is 63.3. The fourth-order valence-electron chi connectivity index (χ4n) is 12.3. The molecule has 1 fully saturated rings. The average Bonchev–Trinajstić information content (AvgIpc) is 1.87. The molecule has 83 heavy (non-hydrogen) atoms. The van der Waals surface area contributed by atoms with E-state index >= 15 is 9.18 Å². The molecule has 448 valence electrons. The van der Waals surface area contributed by atoms with Crippen molar-refractivity contribution in [1.29, 1.82) is 0 Å². The highest BCUT2D eigenvalue weighted by Gasteiger charge is 2.55. The Hall–Kier alpha value is -7.31. The van der Waals surface area contributed by atoms with Crippen molar-refractivity contribution >= 4 is 35.7 Å². The smallest absolute Gasteiger partial charge is 0.410 e. The highest BCUT2D eigenvalue weighted by molar-refractivity contribution is 5.92. The Labute approximate surface area is 488 Å². The molecule has 1 saturated heterocycles. The molecule has 1 aliphatic heterocycles. The molecular formula is C65H84FN5O12. The molecule has 5 amide bonds. The third kappa shape index (κ3) is 13.9. The van der Waals surface area contributed by atoms with Gasteiger partial charge in [0.05, 0.1) is 56.9 Å². The van der Waals surface area contributed by atoms with Crippen LogP contribution in [0.3, 0.4) is 0 Å². The standard InChI is InChI=1S/C65H84FN5O12/c1-15-38(6)58(69(9)63(75)56(36(2)3)68-62(74)57(37(4)5)70(10)65(77)83-35-49-46-25-19-17-23-44(46)45-24-18-20-26-47(45)49)54(80-13)33-55(72)71-52(32-48-39(7)59(48)71)60(81-14)40(8)61(73)67-51(30-41-22-16-21-27-50(41)66)64(76)82-34-42-28-29-43(78-11)31-53(42)79-12/h16-29,31,36-38,40,49,51-52,54,56-60H,15,30,32-35H2,1-14H3,(H,67,73)(H,68,74)/t38-,40+,51-,52-,54+,56-,57-,58-,59-,60+/m0/s1. The van der Waals surface area contributed by atoms with Gasteiger partial charge in [-0.25, -0.2) is 14.0 Å². The highest BCUT2D eigenvalue weighted by Crippen LogP contribution is 2.50. The van der Waals surface area contributed by atoms with Gasteiger partial charge in [0.25, 0.3) is 0 Å². The predicted octanol–water partition coefficient (Wildman–Crippen LogP) is 8.89. The van der Waals surface area contributed by atoms with Gasteiger partial charge in [0.1, 0.15) is 48.7 Å². The molecule has 4 aromatic carbocycles. The number of likely N-dealkylation sites (N-methyl/N-ethyl adjacent to an activating group) is 2. The maximum Gasteiger partial charge on any atom is 0.410 e. The second-order valence-corrected chi connectivity index (χ2v) is 23.0. The molecule has 0 saturated carbocycles. The van der Waals surface area contributed by atoms with Gasteiger partial charge < -0.3 is 48.9 Å². The maximum atomic E-state index is 15.1. The lowest BCUT2D eigenvalue weighted by molar-refractivity contribution is -0.151. The summed E-state index contributed by atoms with van der Waals surface area (Å²) >= 11 is 0. The summed E-state index contributed by atoms with van der Waals surface area (Å²) < 4.78 is 49.9. The number of halogens is 1. The van der Waals surface area contributed by atoms with Gasteiger partial charge in [-0.05, 0) is 88.3 Å². The van der Waals surface area contributed by atoms with Crippen LogP contribution in [0.15, 0.2) is 102 Å². The summed E-state index contributed by atoms with van der Waals surface area (Å²) in [6.45, 7) is 14.8. The van der Waals surface area contributed by atoms with Crippen LogP contribution in [0.25, 0.3) is 11.1 Å². The second kappa shape index (κ2) is 27.8. The summed E-state index contributed by atoms with van der Waals surface area (Å²) in [4.78, 5) is 91.3. The maximum absolute atomic E-state index is 15.1. The zero-order valence-corrected chi connectivity index (χ0v) is 50.5.